The van der Waals surface area contributed by atoms with E-state index < -0.39 is 10.0 Å². The number of hydrogen-bond acceptors (Lipinski definition) is 4. The highest BCUT2D eigenvalue weighted by molar-refractivity contribution is 7.89. The molecule has 1 unspecified atom stereocenters. The van der Waals surface area contributed by atoms with Crippen LogP contribution in [0.3, 0.4) is 0 Å². The van der Waals surface area contributed by atoms with Gasteiger partial charge in [-0.05, 0) is 56.5 Å². The smallest absolute Gasteiger partial charge is 0.253 e. The summed E-state index contributed by atoms with van der Waals surface area (Å²) in [4.78, 5) is 13.5. The average molecular weight is 339 g/mol. The van der Waals surface area contributed by atoms with Crippen molar-refractivity contribution in [3.8, 4) is 0 Å². The molecule has 2 N–H and O–H groups in total. The molecule has 6 nitrogen and oxygen atoms in total. The van der Waals surface area contributed by atoms with Crippen LogP contribution in [0.5, 0.6) is 0 Å². The molecular weight excluding hydrogens is 314 g/mol. The number of amides is 1. The molecule has 23 heavy (non-hydrogen) atoms. The van der Waals surface area contributed by atoms with Crippen LogP contribution in [0.15, 0.2) is 29.2 Å². The Morgan fingerprint density at radius 2 is 2.17 bits per heavy atom. The molecule has 2 rings (SSSR count). The van der Waals surface area contributed by atoms with Crippen molar-refractivity contribution >= 4 is 15.9 Å². The van der Waals surface area contributed by atoms with Crippen LogP contribution in [-0.2, 0) is 10.0 Å². The van der Waals surface area contributed by atoms with E-state index in [4.69, 9.17) is 0 Å². The molecule has 0 spiro atoms. The Hall–Kier alpha value is -1.44. The SMILES string of the molecule is CN(C)C(=O)c1cccc(S(=O)(=O)NCCC2CCCNC2)c1. The highest BCUT2D eigenvalue weighted by Gasteiger charge is 2.18. The van der Waals surface area contributed by atoms with Crippen molar-refractivity contribution in [1.29, 1.82) is 0 Å². The summed E-state index contributed by atoms with van der Waals surface area (Å²) < 4.78 is 27.4. The highest BCUT2D eigenvalue weighted by atomic mass is 32.2. The van der Waals surface area contributed by atoms with Crippen LogP contribution in [0.2, 0.25) is 0 Å². The van der Waals surface area contributed by atoms with E-state index in [1.807, 2.05) is 0 Å². The van der Waals surface area contributed by atoms with Gasteiger partial charge < -0.3 is 10.2 Å². The summed E-state index contributed by atoms with van der Waals surface area (Å²) in [5, 5.41) is 3.33. The summed E-state index contributed by atoms with van der Waals surface area (Å²) in [6.45, 7) is 2.42. The predicted molar refractivity (Wildman–Crippen MR) is 89.9 cm³/mol. The summed E-state index contributed by atoms with van der Waals surface area (Å²) in [6, 6.07) is 6.15. The third kappa shape index (κ3) is 5.02. The molecule has 0 aliphatic carbocycles. The van der Waals surface area contributed by atoms with E-state index in [1.165, 1.54) is 17.0 Å². The van der Waals surface area contributed by atoms with Gasteiger partial charge in [-0.25, -0.2) is 13.1 Å². The number of carbonyl (C=O) groups excluding carboxylic acids is 1. The fourth-order valence-electron chi connectivity index (χ4n) is 2.71. The number of nitrogens with zero attached hydrogens (tertiary/aromatic N) is 1. The first kappa shape index (κ1) is 17.9. The van der Waals surface area contributed by atoms with Gasteiger partial charge >= 0.3 is 0 Å². The Morgan fingerprint density at radius 3 is 2.83 bits per heavy atom. The Morgan fingerprint density at radius 1 is 1.39 bits per heavy atom. The van der Waals surface area contributed by atoms with Crippen LogP contribution >= 0.6 is 0 Å². The number of carbonyl (C=O) groups is 1. The quantitative estimate of drug-likeness (QED) is 0.812. The number of nitrogens with one attached hydrogen (secondary N) is 2. The van der Waals surface area contributed by atoms with E-state index in [1.54, 1.807) is 26.2 Å². The minimum atomic E-state index is -3.58. The number of benzene rings is 1. The monoisotopic (exact) mass is 339 g/mol. The van der Waals surface area contributed by atoms with Gasteiger partial charge in [-0.2, -0.15) is 0 Å². The van der Waals surface area contributed by atoms with Gasteiger partial charge in [0.15, 0.2) is 0 Å². The first-order chi connectivity index (χ1) is 10.9. The molecule has 7 heteroatoms. The third-order valence-corrected chi connectivity index (χ3v) is 5.50. The zero-order valence-electron chi connectivity index (χ0n) is 13.7. The van der Waals surface area contributed by atoms with E-state index >= 15 is 0 Å². The van der Waals surface area contributed by atoms with Gasteiger partial charge in [-0.1, -0.05) is 6.07 Å². The third-order valence-electron chi connectivity index (χ3n) is 4.04. The fraction of sp³-hybridized carbons (Fsp3) is 0.562. The van der Waals surface area contributed by atoms with Crippen molar-refractivity contribution in [3.05, 3.63) is 29.8 Å². The number of rotatable bonds is 6. The highest BCUT2D eigenvalue weighted by Crippen LogP contribution is 2.15. The lowest BCUT2D eigenvalue weighted by Gasteiger charge is -2.22. The first-order valence-corrected chi connectivity index (χ1v) is 9.40. The second-order valence-corrected chi connectivity index (χ2v) is 7.89. The summed E-state index contributed by atoms with van der Waals surface area (Å²) in [5.74, 6) is 0.309. The molecule has 128 valence electrons. The predicted octanol–water partition coefficient (Wildman–Crippen LogP) is 1.06. The van der Waals surface area contributed by atoms with E-state index in [0.717, 1.165) is 32.4 Å². The number of piperidine rings is 1. The van der Waals surface area contributed by atoms with Crippen LogP contribution in [-0.4, -0.2) is 53.0 Å². The van der Waals surface area contributed by atoms with Gasteiger partial charge in [0, 0.05) is 26.2 Å². The van der Waals surface area contributed by atoms with Crippen LogP contribution in [0.1, 0.15) is 29.6 Å². The molecular formula is C16H25N3O3S. The number of sulfonamides is 1. The second kappa shape index (κ2) is 7.90. The Labute approximate surface area is 138 Å². The lowest BCUT2D eigenvalue weighted by Crippen LogP contribution is -2.33. The van der Waals surface area contributed by atoms with Crippen molar-refractivity contribution in [2.75, 3.05) is 33.7 Å². The molecule has 0 aromatic heterocycles. The topological polar surface area (TPSA) is 78.5 Å². The van der Waals surface area contributed by atoms with Crippen molar-refractivity contribution in [2.24, 2.45) is 5.92 Å². The molecule has 0 radical (unpaired) electrons. The molecule has 1 aliphatic rings. The van der Waals surface area contributed by atoms with Gasteiger partial charge in [0.1, 0.15) is 0 Å². The Balaban J connectivity index is 1.98. The zero-order valence-corrected chi connectivity index (χ0v) is 14.5. The largest absolute Gasteiger partial charge is 0.345 e. The van der Waals surface area contributed by atoms with Crippen molar-refractivity contribution in [3.63, 3.8) is 0 Å². The first-order valence-electron chi connectivity index (χ1n) is 7.92. The molecule has 1 aromatic rings. The normalized spacial score (nSPS) is 18.6. The van der Waals surface area contributed by atoms with Crippen molar-refractivity contribution in [2.45, 2.75) is 24.2 Å². The second-order valence-electron chi connectivity index (χ2n) is 6.13. The number of hydrogen-bond donors (Lipinski definition) is 2. The van der Waals surface area contributed by atoms with Gasteiger partial charge in [0.25, 0.3) is 5.91 Å². The van der Waals surface area contributed by atoms with Gasteiger partial charge in [0.2, 0.25) is 10.0 Å². The Bertz CT molecular complexity index is 638. The maximum absolute atomic E-state index is 12.4. The minimum Gasteiger partial charge on any atom is -0.345 e. The van der Waals surface area contributed by atoms with Gasteiger partial charge in [-0.15, -0.1) is 0 Å². The zero-order chi connectivity index (χ0) is 16.9. The van der Waals surface area contributed by atoms with Gasteiger partial charge in [0.05, 0.1) is 4.90 Å². The van der Waals surface area contributed by atoms with Crippen molar-refractivity contribution < 1.29 is 13.2 Å². The molecule has 1 saturated heterocycles. The van der Waals surface area contributed by atoms with Crippen LogP contribution in [0.4, 0.5) is 0 Å². The molecule has 1 amide bonds. The van der Waals surface area contributed by atoms with Crippen molar-refractivity contribution in [1.82, 2.24) is 14.9 Å². The maximum atomic E-state index is 12.4. The molecule has 1 aliphatic heterocycles. The van der Waals surface area contributed by atoms with E-state index in [2.05, 4.69) is 10.0 Å². The summed E-state index contributed by atoms with van der Waals surface area (Å²) in [7, 11) is -0.306. The standard InChI is InChI=1S/C16H25N3O3S/c1-19(2)16(20)14-6-3-7-15(11-14)23(21,22)18-10-8-13-5-4-9-17-12-13/h3,6-7,11,13,17-18H,4-5,8-10,12H2,1-2H3. The average Bonchev–Trinajstić information content (AvgIpc) is 2.55. The molecule has 1 atom stereocenters. The summed E-state index contributed by atoms with van der Waals surface area (Å²) in [5.41, 5.74) is 0.370. The lowest BCUT2D eigenvalue weighted by molar-refractivity contribution is 0.0827. The van der Waals surface area contributed by atoms with Gasteiger partial charge in [-0.3, -0.25) is 4.79 Å². The molecule has 1 aromatic carbocycles. The Kier molecular flexibility index (Phi) is 6.15. The van der Waals surface area contributed by atoms with E-state index in [-0.39, 0.29) is 10.8 Å². The van der Waals surface area contributed by atoms with E-state index in [0.29, 0.717) is 18.0 Å². The minimum absolute atomic E-state index is 0.131. The lowest BCUT2D eigenvalue weighted by atomic mass is 9.96. The fourth-order valence-corrected chi connectivity index (χ4v) is 3.80. The summed E-state index contributed by atoms with van der Waals surface area (Å²) >= 11 is 0. The molecule has 0 bridgehead atoms. The molecule has 0 saturated carbocycles. The van der Waals surface area contributed by atoms with E-state index in [9.17, 15) is 13.2 Å². The van der Waals surface area contributed by atoms with Crippen LogP contribution in [0, 0.1) is 5.92 Å². The maximum Gasteiger partial charge on any atom is 0.253 e. The summed E-state index contributed by atoms with van der Waals surface area (Å²) in [6.07, 6.45) is 3.11. The van der Waals surface area contributed by atoms with Crippen LogP contribution in [0.25, 0.3) is 0 Å². The molecule has 1 heterocycles. The van der Waals surface area contributed by atoms with Crippen LogP contribution < -0.4 is 10.0 Å². The molecule has 1 fully saturated rings.